The molecule has 0 amide bonds. The topological polar surface area (TPSA) is 37.9 Å². The van der Waals surface area contributed by atoms with Crippen molar-refractivity contribution in [3.05, 3.63) is 34.7 Å². The minimum absolute atomic E-state index is 0.340. The second-order valence-electron chi connectivity index (χ2n) is 2.93. The average molecular weight is 243 g/mol. The van der Waals surface area contributed by atoms with Gasteiger partial charge in [-0.05, 0) is 29.8 Å². The van der Waals surface area contributed by atoms with Gasteiger partial charge in [0.05, 0.1) is 19.0 Å². The second-order valence-corrected chi connectivity index (χ2v) is 3.73. The van der Waals surface area contributed by atoms with Crippen LogP contribution in [0.2, 0.25) is 10.3 Å². The molecule has 1 aromatic heterocycles. The first-order chi connectivity index (χ1) is 7.20. The highest BCUT2D eigenvalue weighted by molar-refractivity contribution is 6.31. The fraction of sp³-hybridized carbons (Fsp3) is 0.100. The van der Waals surface area contributed by atoms with Gasteiger partial charge in [0.15, 0.2) is 5.28 Å². The van der Waals surface area contributed by atoms with E-state index in [0.717, 1.165) is 17.0 Å². The molecule has 15 heavy (non-hydrogen) atoms. The van der Waals surface area contributed by atoms with E-state index in [-0.39, 0.29) is 0 Å². The zero-order valence-electron chi connectivity index (χ0n) is 7.92. The molecule has 1 aromatic carbocycles. The van der Waals surface area contributed by atoms with Gasteiger partial charge in [0.2, 0.25) is 0 Å². The smallest absolute Gasteiger partial charge is 0.200 e. The van der Waals surface area contributed by atoms with Crippen LogP contribution in [0.4, 0.5) is 0 Å². The summed E-state index contributed by atoms with van der Waals surface area (Å²) in [7, 11) is 1.60. The van der Waals surface area contributed by atoms with Gasteiger partial charge in [0.25, 0.3) is 0 Å². The molecule has 0 saturated carbocycles. The van der Waals surface area contributed by atoms with E-state index in [1.54, 1.807) is 31.5 Å². The molecule has 2 rings (SSSR count). The van der Waals surface area contributed by atoms with Gasteiger partial charge in [-0.3, -0.25) is 0 Å². The number of halogens is 2. The quantitative estimate of drug-likeness (QED) is 0.877. The summed E-state index contributed by atoms with van der Waals surface area (Å²) in [6, 6.07) is 5.36. The molecule has 0 saturated heterocycles. The molecular weight excluding hydrogens is 235 g/mol. The van der Waals surface area contributed by atoms with Gasteiger partial charge in [-0.1, -0.05) is 11.6 Å². The average Bonchev–Trinajstić information content (AvgIpc) is 2.65. The second kappa shape index (κ2) is 4.13. The lowest BCUT2D eigenvalue weighted by Gasteiger charge is -2.06. The first-order valence-corrected chi connectivity index (χ1v) is 5.00. The fourth-order valence-electron chi connectivity index (χ4n) is 1.32. The van der Waals surface area contributed by atoms with Gasteiger partial charge >= 0.3 is 0 Å². The maximum atomic E-state index is 5.91. The monoisotopic (exact) mass is 242 g/mol. The van der Waals surface area contributed by atoms with Crippen LogP contribution in [0.15, 0.2) is 24.4 Å². The minimum atomic E-state index is 0.340. The Balaban J connectivity index is 2.55. The standard InChI is InChI=1S/C10H8Cl2N2O/c1-15-9-3-2-6(11)4-7(9)8-5-13-10(12)14-8/h2-5H,1H3,(H,13,14). The number of H-pyrrole nitrogens is 1. The molecule has 0 radical (unpaired) electrons. The third kappa shape index (κ3) is 2.08. The first kappa shape index (κ1) is 10.3. The van der Waals surface area contributed by atoms with Crippen molar-refractivity contribution in [2.75, 3.05) is 7.11 Å². The lowest BCUT2D eigenvalue weighted by atomic mass is 10.1. The highest BCUT2D eigenvalue weighted by Gasteiger charge is 2.08. The predicted molar refractivity (Wildman–Crippen MR) is 60.6 cm³/mol. The van der Waals surface area contributed by atoms with Crippen LogP contribution in [0.1, 0.15) is 0 Å². The summed E-state index contributed by atoms with van der Waals surface area (Å²) < 4.78 is 5.21. The molecule has 78 valence electrons. The number of benzene rings is 1. The first-order valence-electron chi connectivity index (χ1n) is 4.25. The summed E-state index contributed by atoms with van der Waals surface area (Å²) in [5.74, 6) is 0.722. The maximum absolute atomic E-state index is 5.91. The molecule has 0 fully saturated rings. The summed E-state index contributed by atoms with van der Waals surface area (Å²) in [5, 5.41) is 0.976. The van der Waals surface area contributed by atoms with Crippen molar-refractivity contribution in [3.8, 4) is 17.0 Å². The number of hydrogen-bond acceptors (Lipinski definition) is 2. The third-order valence-electron chi connectivity index (χ3n) is 2.00. The van der Waals surface area contributed by atoms with Crippen LogP contribution in [0, 0.1) is 0 Å². The van der Waals surface area contributed by atoms with Crippen LogP contribution >= 0.6 is 23.2 Å². The van der Waals surface area contributed by atoms with Crippen LogP contribution in [0.5, 0.6) is 5.75 Å². The van der Waals surface area contributed by atoms with E-state index in [2.05, 4.69) is 9.97 Å². The SMILES string of the molecule is COc1ccc(Cl)cc1-c1cnc(Cl)[nH]1. The number of imidazole rings is 1. The van der Waals surface area contributed by atoms with Gasteiger partial charge in [-0.25, -0.2) is 4.98 Å². The van der Waals surface area contributed by atoms with E-state index in [0.29, 0.717) is 10.3 Å². The van der Waals surface area contributed by atoms with Gasteiger partial charge < -0.3 is 9.72 Å². The number of nitrogens with one attached hydrogen (secondary N) is 1. The van der Waals surface area contributed by atoms with E-state index in [4.69, 9.17) is 27.9 Å². The summed E-state index contributed by atoms with van der Waals surface area (Å²) in [4.78, 5) is 6.82. The zero-order chi connectivity index (χ0) is 10.8. The summed E-state index contributed by atoms with van der Waals surface area (Å²) in [5.41, 5.74) is 1.61. The fourth-order valence-corrected chi connectivity index (χ4v) is 1.65. The van der Waals surface area contributed by atoms with Crippen molar-refractivity contribution in [2.45, 2.75) is 0 Å². The number of ether oxygens (including phenoxy) is 1. The molecule has 0 bridgehead atoms. The molecule has 0 atom stereocenters. The van der Waals surface area contributed by atoms with E-state index < -0.39 is 0 Å². The summed E-state index contributed by atoms with van der Waals surface area (Å²) in [6.45, 7) is 0. The molecule has 5 heteroatoms. The number of nitrogens with zero attached hydrogens (tertiary/aromatic N) is 1. The van der Waals surface area contributed by atoms with Crippen molar-refractivity contribution in [2.24, 2.45) is 0 Å². The van der Waals surface area contributed by atoms with Crippen LogP contribution in [-0.2, 0) is 0 Å². The minimum Gasteiger partial charge on any atom is -0.496 e. The van der Waals surface area contributed by atoms with Crippen molar-refractivity contribution in [1.82, 2.24) is 9.97 Å². The molecule has 0 spiro atoms. The molecular formula is C10H8Cl2N2O. The number of aromatic amines is 1. The Hall–Kier alpha value is -1.19. The molecule has 0 unspecified atom stereocenters. The Labute approximate surface area is 97.0 Å². The molecule has 0 aliphatic heterocycles. The van der Waals surface area contributed by atoms with E-state index >= 15 is 0 Å². The van der Waals surface area contributed by atoms with Crippen LogP contribution in [0.25, 0.3) is 11.3 Å². The normalized spacial score (nSPS) is 10.3. The van der Waals surface area contributed by atoms with Crippen molar-refractivity contribution >= 4 is 23.2 Å². The van der Waals surface area contributed by atoms with Crippen molar-refractivity contribution in [3.63, 3.8) is 0 Å². The Morgan fingerprint density at radius 3 is 2.73 bits per heavy atom. The van der Waals surface area contributed by atoms with Crippen LogP contribution in [-0.4, -0.2) is 17.1 Å². The summed E-state index contributed by atoms with van der Waals surface area (Å²) in [6.07, 6.45) is 1.64. The Bertz CT molecular complexity index is 482. The Kier molecular flexibility index (Phi) is 2.84. The van der Waals surface area contributed by atoms with Gasteiger partial charge in [-0.15, -0.1) is 0 Å². The summed E-state index contributed by atoms with van der Waals surface area (Å²) >= 11 is 11.6. The molecule has 1 heterocycles. The molecule has 2 aromatic rings. The molecule has 3 nitrogen and oxygen atoms in total. The van der Waals surface area contributed by atoms with Gasteiger partial charge in [0, 0.05) is 10.6 Å². The Morgan fingerprint density at radius 2 is 2.13 bits per heavy atom. The largest absolute Gasteiger partial charge is 0.496 e. The lowest BCUT2D eigenvalue weighted by Crippen LogP contribution is -1.87. The number of rotatable bonds is 2. The number of aromatic nitrogens is 2. The highest BCUT2D eigenvalue weighted by atomic mass is 35.5. The number of hydrogen-bond donors (Lipinski definition) is 1. The zero-order valence-corrected chi connectivity index (χ0v) is 9.43. The van der Waals surface area contributed by atoms with Gasteiger partial charge in [-0.2, -0.15) is 0 Å². The van der Waals surface area contributed by atoms with Gasteiger partial charge in [0.1, 0.15) is 5.75 Å². The molecule has 0 aliphatic rings. The van der Waals surface area contributed by atoms with E-state index in [1.807, 2.05) is 0 Å². The third-order valence-corrected chi connectivity index (χ3v) is 2.42. The number of methoxy groups -OCH3 is 1. The van der Waals surface area contributed by atoms with Crippen molar-refractivity contribution < 1.29 is 4.74 Å². The van der Waals surface area contributed by atoms with Crippen LogP contribution < -0.4 is 4.74 Å². The van der Waals surface area contributed by atoms with E-state index in [1.165, 1.54) is 0 Å². The predicted octanol–water partition coefficient (Wildman–Crippen LogP) is 3.39. The highest BCUT2D eigenvalue weighted by Crippen LogP contribution is 2.31. The lowest BCUT2D eigenvalue weighted by molar-refractivity contribution is 0.416. The molecule has 0 aliphatic carbocycles. The Morgan fingerprint density at radius 1 is 1.33 bits per heavy atom. The van der Waals surface area contributed by atoms with Crippen molar-refractivity contribution in [1.29, 1.82) is 0 Å². The van der Waals surface area contributed by atoms with Crippen LogP contribution in [0.3, 0.4) is 0 Å². The maximum Gasteiger partial charge on any atom is 0.200 e. The van der Waals surface area contributed by atoms with E-state index in [9.17, 15) is 0 Å². The molecule has 1 N–H and O–H groups in total.